The summed E-state index contributed by atoms with van der Waals surface area (Å²) in [5.74, 6) is -3.94. The van der Waals surface area contributed by atoms with Crippen LogP contribution < -0.4 is 5.73 Å². The molecule has 5 atom stereocenters. The van der Waals surface area contributed by atoms with Crippen molar-refractivity contribution in [1.29, 1.82) is 0 Å². The summed E-state index contributed by atoms with van der Waals surface area (Å²) in [5, 5.41) is 28.2. The lowest BCUT2D eigenvalue weighted by Crippen LogP contribution is -2.59. The minimum atomic E-state index is -3.42. The molecule has 0 aliphatic carbocycles. The first-order valence-electron chi connectivity index (χ1n) is 7.31. The molecule has 5 N–H and O–H groups in total. The van der Waals surface area contributed by atoms with Crippen molar-refractivity contribution in [2.45, 2.75) is 55.6 Å². The number of nitrogens with two attached hydrogens (primary N) is 1. The summed E-state index contributed by atoms with van der Waals surface area (Å²) in [6.07, 6.45) is -5.25. The van der Waals surface area contributed by atoms with Crippen LogP contribution in [0.2, 0.25) is 0 Å². The molecule has 0 aromatic heterocycles. The van der Waals surface area contributed by atoms with E-state index in [0.717, 1.165) is 4.90 Å². The van der Waals surface area contributed by atoms with E-state index < -0.39 is 61.9 Å². The van der Waals surface area contributed by atoms with Gasteiger partial charge in [-0.15, -0.1) is 0 Å². The molecule has 0 aromatic carbocycles. The summed E-state index contributed by atoms with van der Waals surface area (Å²) in [6.45, 7) is -1.34. The molecule has 128 valence electrons. The van der Waals surface area contributed by atoms with Gasteiger partial charge in [0.05, 0.1) is 25.3 Å². The van der Waals surface area contributed by atoms with Crippen molar-refractivity contribution in [2.24, 2.45) is 5.73 Å². The van der Waals surface area contributed by atoms with Gasteiger partial charge in [-0.2, -0.15) is 0 Å². The number of aliphatic hydroxyl groups is 3. The zero-order valence-electron chi connectivity index (χ0n) is 12.1. The van der Waals surface area contributed by atoms with Gasteiger partial charge in [0.1, 0.15) is 18.3 Å². The van der Waals surface area contributed by atoms with E-state index in [1.807, 2.05) is 0 Å². The van der Waals surface area contributed by atoms with Crippen molar-refractivity contribution in [3.05, 3.63) is 0 Å². The molecule has 22 heavy (non-hydrogen) atoms. The second-order valence-electron chi connectivity index (χ2n) is 5.91. The van der Waals surface area contributed by atoms with Gasteiger partial charge >= 0.3 is 0 Å². The number of rotatable bonds is 4. The van der Waals surface area contributed by atoms with Gasteiger partial charge in [-0.05, 0) is 12.8 Å². The zero-order valence-corrected chi connectivity index (χ0v) is 12.1. The van der Waals surface area contributed by atoms with E-state index >= 15 is 0 Å². The molecule has 0 aromatic rings. The quantitative estimate of drug-likeness (QED) is 0.497. The molecule has 2 fully saturated rings. The van der Waals surface area contributed by atoms with Crippen molar-refractivity contribution in [3.63, 3.8) is 0 Å². The Bertz CT molecular complexity index is 412. The number of halogens is 2. The number of alkyl halides is 2. The molecule has 0 saturated carbocycles. The second-order valence-corrected chi connectivity index (χ2v) is 5.91. The van der Waals surface area contributed by atoms with E-state index in [2.05, 4.69) is 0 Å². The van der Waals surface area contributed by atoms with Crippen LogP contribution in [0.3, 0.4) is 0 Å². The minimum absolute atomic E-state index is 0.198. The molecule has 2 saturated heterocycles. The number of nitrogens with zero attached hydrogens (tertiary/aromatic N) is 1. The van der Waals surface area contributed by atoms with Crippen molar-refractivity contribution < 1.29 is 33.6 Å². The minimum Gasteiger partial charge on any atom is -0.394 e. The lowest BCUT2D eigenvalue weighted by atomic mass is 9.94. The number of aliphatic hydroxyl groups excluding tert-OH is 3. The number of amides is 1. The molecule has 2 aliphatic heterocycles. The molecule has 9 heteroatoms. The van der Waals surface area contributed by atoms with E-state index in [1.54, 1.807) is 0 Å². The fourth-order valence-corrected chi connectivity index (χ4v) is 2.86. The number of hydrogen-bond acceptors (Lipinski definition) is 6. The highest BCUT2D eigenvalue weighted by Gasteiger charge is 2.50. The Kier molecular flexibility index (Phi) is 5.33. The Morgan fingerprint density at radius 1 is 1.41 bits per heavy atom. The van der Waals surface area contributed by atoms with E-state index in [1.165, 1.54) is 0 Å². The maximum atomic E-state index is 14.4. The maximum absolute atomic E-state index is 14.4. The first-order chi connectivity index (χ1) is 10.3. The monoisotopic (exact) mass is 324 g/mol. The third kappa shape index (κ3) is 3.54. The number of carbonyl (C=O) groups excluding carboxylic acids is 1. The van der Waals surface area contributed by atoms with Crippen LogP contribution in [-0.2, 0) is 9.53 Å². The summed E-state index contributed by atoms with van der Waals surface area (Å²) in [7, 11) is 0. The summed E-state index contributed by atoms with van der Waals surface area (Å²) < 4.78 is 33.7. The molecule has 0 radical (unpaired) electrons. The van der Waals surface area contributed by atoms with E-state index in [-0.39, 0.29) is 6.54 Å². The number of carbonyl (C=O) groups is 1. The van der Waals surface area contributed by atoms with Crippen LogP contribution in [0, 0.1) is 0 Å². The topological polar surface area (TPSA) is 116 Å². The highest BCUT2D eigenvalue weighted by atomic mass is 19.3. The van der Waals surface area contributed by atoms with Crippen molar-refractivity contribution in [1.82, 2.24) is 4.90 Å². The average Bonchev–Trinajstić information content (AvgIpc) is 2.46. The first kappa shape index (κ1) is 17.5. The van der Waals surface area contributed by atoms with Crippen LogP contribution in [0.25, 0.3) is 0 Å². The first-order valence-corrected chi connectivity index (χ1v) is 7.31. The van der Waals surface area contributed by atoms with E-state index in [0.29, 0.717) is 12.8 Å². The van der Waals surface area contributed by atoms with Gasteiger partial charge in [-0.1, -0.05) is 0 Å². The van der Waals surface area contributed by atoms with Crippen molar-refractivity contribution >= 4 is 5.91 Å². The summed E-state index contributed by atoms with van der Waals surface area (Å²) >= 11 is 0. The maximum Gasteiger partial charge on any atom is 0.290 e. The molecule has 7 nitrogen and oxygen atoms in total. The van der Waals surface area contributed by atoms with Gasteiger partial charge < -0.3 is 30.7 Å². The predicted molar refractivity (Wildman–Crippen MR) is 71.1 cm³/mol. The number of piperidine rings is 1. The molecular weight excluding hydrogens is 302 g/mol. The number of likely N-dealkylation sites (tertiary alicyclic amines) is 1. The van der Waals surface area contributed by atoms with Crippen LogP contribution in [0.1, 0.15) is 19.3 Å². The smallest absolute Gasteiger partial charge is 0.290 e. The molecule has 0 spiro atoms. The van der Waals surface area contributed by atoms with Gasteiger partial charge in [-0.25, -0.2) is 8.78 Å². The van der Waals surface area contributed by atoms with Crippen LogP contribution >= 0.6 is 0 Å². The molecular formula is C13H22F2N2O5. The fourth-order valence-electron chi connectivity index (χ4n) is 2.86. The highest BCUT2D eigenvalue weighted by Crippen LogP contribution is 2.33. The Balaban J connectivity index is 2.04. The Hall–Kier alpha value is -0.870. The van der Waals surface area contributed by atoms with E-state index in [9.17, 15) is 23.8 Å². The third-order valence-electron chi connectivity index (χ3n) is 4.19. The highest BCUT2D eigenvalue weighted by molar-refractivity contribution is 5.82. The Morgan fingerprint density at radius 3 is 2.73 bits per heavy atom. The Morgan fingerprint density at radius 2 is 2.09 bits per heavy atom. The zero-order chi connectivity index (χ0) is 16.5. The second kappa shape index (κ2) is 6.71. The van der Waals surface area contributed by atoms with Gasteiger partial charge in [-0.3, -0.25) is 4.79 Å². The standard InChI is InChI=1S/C13H22F2N2O5/c14-13(15,6-17-3-1-2-7(16)12(17)21)10-4-8(19)11(20)9(5-18)22-10/h7-11,18-20H,1-6,16H2. The van der Waals surface area contributed by atoms with E-state index in [4.69, 9.17) is 15.6 Å². The SMILES string of the molecule is NC1CCCN(CC(F)(F)C2CC(O)C(O)C(CO)O2)C1=O. The molecule has 1 amide bonds. The van der Waals surface area contributed by atoms with Crippen LogP contribution in [0.4, 0.5) is 8.78 Å². The van der Waals surface area contributed by atoms with Crippen LogP contribution in [-0.4, -0.2) is 82.2 Å². The summed E-state index contributed by atoms with van der Waals surface area (Å²) in [6, 6.07) is -0.769. The van der Waals surface area contributed by atoms with Crippen LogP contribution in [0.15, 0.2) is 0 Å². The lowest BCUT2D eigenvalue weighted by molar-refractivity contribution is -0.242. The van der Waals surface area contributed by atoms with Crippen molar-refractivity contribution in [2.75, 3.05) is 19.7 Å². The van der Waals surface area contributed by atoms with Gasteiger partial charge in [0, 0.05) is 13.0 Å². The molecule has 5 unspecified atom stereocenters. The predicted octanol–water partition coefficient (Wildman–Crippen LogP) is -1.56. The molecule has 0 bridgehead atoms. The normalized spacial score (nSPS) is 37.5. The fraction of sp³-hybridized carbons (Fsp3) is 0.923. The Labute approximate surface area is 126 Å². The third-order valence-corrected chi connectivity index (χ3v) is 4.19. The van der Waals surface area contributed by atoms with Crippen molar-refractivity contribution in [3.8, 4) is 0 Å². The van der Waals surface area contributed by atoms with Gasteiger partial charge in [0.15, 0.2) is 0 Å². The summed E-state index contributed by atoms with van der Waals surface area (Å²) in [5.41, 5.74) is 5.58. The average molecular weight is 324 g/mol. The molecule has 2 aliphatic rings. The molecule has 2 heterocycles. The number of hydrogen-bond donors (Lipinski definition) is 4. The van der Waals surface area contributed by atoms with Gasteiger partial charge in [0.2, 0.25) is 5.91 Å². The summed E-state index contributed by atoms with van der Waals surface area (Å²) in [4.78, 5) is 12.8. The largest absolute Gasteiger partial charge is 0.394 e. The van der Waals surface area contributed by atoms with Gasteiger partial charge in [0.25, 0.3) is 5.92 Å². The molecule has 2 rings (SSSR count). The van der Waals surface area contributed by atoms with Crippen LogP contribution in [0.5, 0.6) is 0 Å². The number of ether oxygens (including phenoxy) is 1. The lowest BCUT2D eigenvalue weighted by Gasteiger charge is -2.41.